The van der Waals surface area contributed by atoms with Crippen molar-refractivity contribution in [3.05, 3.63) is 40.7 Å². The van der Waals surface area contributed by atoms with Crippen LogP contribution in [-0.4, -0.2) is 9.78 Å². The van der Waals surface area contributed by atoms with Gasteiger partial charge in [-0.15, -0.1) is 0 Å². The molecule has 1 aromatic carbocycles. The molecule has 19 heavy (non-hydrogen) atoms. The fourth-order valence-electron chi connectivity index (χ4n) is 2.39. The van der Waals surface area contributed by atoms with Crippen LogP contribution in [0.3, 0.4) is 0 Å². The number of halogens is 1. The Labute approximate surface area is 120 Å². The summed E-state index contributed by atoms with van der Waals surface area (Å²) in [6, 6.07) is 3.98. The van der Waals surface area contributed by atoms with E-state index in [-0.39, 0.29) is 0 Å². The van der Waals surface area contributed by atoms with Crippen LogP contribution in [0.25, 0.3) is 16.6 Å². The van der Waals surface area contributed by atoms with Crippen LogP contribution in [0.5, 0.6) is 5.75 Å². The third kappa shape index (κ3) is 1.82. The van der Waals surface area contributed by atoms with Gasteiger partial charge in [-0.1, -0.05) is 35.9 Å². The second-order valence-electron chi connectivity index (χ2n) is 4.20. The smallest absolute Gasteiger partial charge is 0.153 e. The van der Waals surface area contributed by atoms with Crippen molar-refractivity contribution in [1.29, 1.82) is 0 Å². The second-order valence-corrected chi connectivity index (χ2v) is 5.06. The molecule has 4 rings (SSSR count). The minimum atomic E-state index is 0.881. The van der Waals surface area contributed by atoms with Gasteiger partial charge in [0.2, 0.25) is 0 Å². The van der Waals surface area contributed by atoms with E-state index in [1.165, 1.54) is 0 Å². The van der Waals surface area contributed by atoms with Gasteiger partial charge in [0, 0.05) is 9.86 Å². The van der Waals surface area contributed by atoms with E-state index in [0.29, 0.717) is 0 Å². The number of aromatic nitrogens is 2. The molecule has 0 N–H and O–H groups in total. The Hall–Kier alpha value is -1.55. The SMILES string of the molecule is Brc1ccc2c3c1cnn3C1=CCCC=C1O2.CC. The summed E-state index contributed by atoms with van der Waals surface area (Å²) in [6.45, 7) is 4.00. The summed E-state index contributed by atoms with van der Waals surface area (Å²) in [5.74, 6) is 1.81. The summed E-state index contributed by atoms with van der Waals surface area (Å²) in [5.41, 5.74) is 2.11. The number of ether oxygens (including phenoxy) is 1. The lowest BCUT2D eigenvalue weighted by atomic mass is 10.1. The number of hydrogen-bond donors (Lipinski definition) is 0. The number of fused-ring (bicyclic) bond motifs is 2. The first-order valence-electron chi connectivity index (χ1n) is 6.60. The van der Waals surface area contributed by atoms with Crippen LogP contribution in [0, 0.1) is 0 Å². The average Bonchev–Trinajstić information content (AvgIpc) is 2.92. The fraction of sp³-hybridized carbons (Fsp3) is 0.267. The van der Waals surface area contributed by atoms with E-state index in [2.05, 4.69) is 33.2 Å². The van der Waals surface area contributed by atoms with Gasteiger partial charge in [-0.25, -0.2) is 4.68 Å². The summed E-state index contributed by atoms with van der Waals surface area (Å²) in [4.78, 5) is 0. The predicted molar refractivity (Wildman–Crippen MR) is 81.0 cm³/mol. The molecule has 1 aliphatic carbocycles. The molecular weight excluding hydrogens is 304 g/mol. The lowest BCUT2D eigenvalue weighted by Crippen LogP contribution is -2.14. The standard InChI is InChI=1S/C13H9BrN2O.C2H6/c14-9-5-6-12-13-8(9)7-15-16(13)10-3-1-2-4-11(10)17-12;1-2/h3-7H,1-2H2;1-2H3. The maximum Gasteiger partial charge on any atom is 0.153 e. The first-order valence-corrected chi connectivity index (χ1v) is 7.39. The number of rotatable bonds is 0. The van der Waals surface area contributed by atoms with Crippen LogP contribution in [-0.2, 0) is 0 Å². The Balaban J connectivity index is 0.000000528. The molecule has 98 valence electrons. The van der Waals surface area contributed by atoms with E-state index in [0.717, 1.165) is 45.4 Å². The van der Waals surface area contributed by atoms with Crippen LogP contribution in [0.15, 0.2) is 40.7 Å². The molecule has 0 saturated carbocycles. The molecule has 0 spiro atoms. The van der Waals surface area contributed by atoms with E-state index in [1.807, 2.05) is 36.9 Å². The molecule has 1 aromatic heterocycles. The molecule has 0 radical (unpaired) electrons. The maximum atomic E-state index is 5.93. The molecule has 2 heterocycles. The normalized spacial score (nSPS) is 15.7. The minimum Gasteiger partial charge on any atom is -0.453 e. The number of nitrogens with zero attached hydrogens (tertiary/aromatic N) is 2. The molecule has 2 aromatic rings. The molecule has 2 aliphatic rings. The zero-order valence-electron chi connectivity index (χ0n) is 11.0. The lowest BCUT2D eigenvalue weighted by molar-refractivity contribution is 0.430. The van der Waals surface area contributed by atoms with Gasteiger partial charge in [0.15, 0.2) is 5.75 Å². The summed E-state index contributed by atoms with van der Waals surface area (Å²) < 4.78 is 8.96. The van der Waals surface area contributed by atoms with Gasteiger partial charge in [0.05, 0.1) is 6.20 Å². The Morgan fingerprint density at radius 1 is 1.21 bits per heavy atom. The number of benzene rings is 1. The van der Waals surface area contributed by atoms with Crippen molar-refractivity contribution in [2.24, 2.45) is 0 Å². The van der Waals surface area contributed by atoms with Crippen LogP contribution in [0.2, 0.25) is 0 Å². The lowest BCUT2D eigenvalue weighted by Gasteiger charge is -2.23. The first kappa shape index (κ1) is 12.5. The van der Waals surface area contributed by atoms with Crippen molar-refractivity contribution < 1.29 is 4.74 Å². The van der Waals surface area contributed by atoms with E-state index >= 15 is 0 Å². The van der Waals surface area contributed by atoms with Crippen LogP contribution < -0.4 is 4.74 Å². The van der Waals surface area contributed by atoms with E-state index in [4.69, 9.17) is 4.74 Å². The van der Waals surface area contributed by atoms with E-state index in [9.17, 15) is 0 Å². The molecule has 0 fully saturated rings. The van der Waals surface area contributed by atoms with Crippen molar-refractivity contribution in [2.75, 3.05) is 0 Å². The largest absolute Gasteiger partial charge is 0.453 e. The summed E-state index contributed by atoms with van der Waals surface area (Å²) in [5, 5.41) is 5.56. The summed E-state index contributed by atoms with van der Waals surface area (Å²) in [7, 11) is 0. The van der Waals surface area contributed by atoms with Crippen molar-refractivity contribution in [2.45, 2.75) is 26.7 Å². The first-order chi connectivity index (χ1) is 9.34. The van der Waals surface area contributed by atoms with Crippen LogP contribution in [0.1, 0.15) is 26.7 Å². The molecular formula is C15H15BrN2O. The fourth-order valence-corrected chi connectivity index (χ4v) is 2.81. The third-order valence-corrected chi connectivity index (χ3v) is 3.87. The zero-order chi connectivity index (χ0) is 13.4. The Morgan fingerprint density at radius 3 is 2.84 bits per heavy atom. The maximum absolute atomic E-state index is 5.93. The van der Waals surface area contributed by atoms with Crippen molar-refractivity contribution in [3.8, 4) is 5.75 Å². The minimum absolute atomic E-state index is 0.881. The number of hydrogen-bond acceptors (Lipinski definition) is 2. The Morgan fingerprint density at radius 2 is 2.00 bits per heavy atom. The zero-order valence-corrected chi connectivity index (χ0v) is 12.6. The van der Waals surface area contributed by atoms with Crippen molar-refractivity contribution in [1.82, 2.24) is 9.78 Å². The highest BCUT2D eigenvalue weighted by atomic mass is 79.9. The van der Waals surface area contributed by atoms with Gasteiger partial charge >= 0.3 is 0 Å². The molecule has 1 aliphatic heterocycles. The third-order valence-electron chi connectivity index (χ3n) is 3.18. The van der Waals surface area contributed by atoms with Gasteiger partial charge < -0.3 is 4.74 Å². The number of allylic oxidation sites excluding steroid dienone is 3. The van der Waals surface area contributed by atoms with Crippen molar-refractivity contribution >= 4 is 32.5 Å². The van der Waals surface area contributed by atoms with Gasteiger partial charge in [-0.05, 0) is 31.1 Å². The molecule has 0 atom stereocenters. The topological polar surface area (TPSA) is 27.1 Å². The van der Waals surface area contributed by atoms with Gasteiger partial charge in [0.25, 0.3) is 0 Å². The van der Waals surface area contributed by atoms with Crippen LogP contribution >= 0.6 is 15.9 Å². The highest BCUT2D eigenvalue weighted by Crippen LogP contribution is 2.40. The van der Waals surface area contributed by atoms with Crippen molar-refractivity contribution in [3.63, 3.8) is 0 Å². The molecule has 0 saturated heterocycles. The monoisotopic (exact) mass is 318 g/mol. The van der Waals surface area contributed by atoms with Crippen LogP contribution in [0.4, 0.5) is 0 Å². The Kier molecular flexibility index (Phi) is 3.19. The van der Waals surface area contributed by atoms with Gasteiger partial charge in [-0.2, -0.15) is 5.10 Å². The molecule has 0 amide bonds. The quantitative estimate of drug-likeness (QED) is 0.701. The van der Waals surface area contributed by atoms with Gasteiger partial charge in [-0.3, -0.25) is 0 Å². The highest BCUT2D eigenvalue weighted by molar-refractivity contribution is 9.10. The second kappa shape index (κ2) is 4.85. The summed E-state index contributed by atoms with van der Waals surface area (Å²) in [6.07, 6.45) is 8.28. The average molecular weight is 319 g/mol. The molecule has 0 unspecified atom stereocenters. The molecule has 4 heteroatoms. The highest BCUT2D eigenvalue weighted by Gasteiger charge is 2.25. The van der Waals surface area contributed by atoms with E-state index < -0.39 is 0 Å². The van der Waals surface area contributed by atoms with E-state index in [1.54, 1.807) is 0 Å². The van der Waals surface area contributed by atoms with Gasteiger partial charge in [0.1, 0.15) is 17.0 Å². The Bertz CT molecular complexity index is 697. The predicted octanol–water partition coefficient (Wildman–Crippen LogP) is 4.74. The molecule has 3 nitrogen and oxygen atoms in total. The summed E-state index contributed by atoms with van der Waals surface area (Å²) >= 11 is 3.54. The molecule has 0 bridgehead atoms.